The van der Waals surface area contributed by atoms with Crippen molar-refractivity contribution in [3.63, 3.8) is 0 Å². The largest absolute Gasteiger partial charge is 0.416 e. The zero-order valence-corrected chi connectivity index (χ0v) is 11.3. The van der Waals surface area contributed by atoms with Crippen molar-refractivity contribution in [3.8, 4) is 0 Å². The highest BCUT2D eigenvalue weighted by Crippen LogP contribution is 2.32. The molecule has 0 amide bonds. The van der Waals surface area contributed by atoms with Crippen LogP contribution in [0.4, 0.5) is 22.0 Å². The van der Waals surface area contributed by atoms with Crippen LogP contribution in [0.15, 0.2) is 42.5 Å². The average molecular weight is 321 g/mol. The summed E-state index contributed by atoms with van der Waals surface area (Å²) in [5.41, 5.74) is -0.598. The van der Waals surface area contributed by atoms with E-state index in [9.17, 15) is 22.0 Å². The van der Waals surface area contributed by atoms with Gasteiger partial charge in [-0.25, -0.2) is 8.78 Å². The zero-order valence-electron chi connectivity index (χ0n) is 10.6. The Morgan fingerprint density at radius 2 is 1.43 bits per heavy atom. The van der Waals surface area contributed by atoms with Crippen molar-refractivity contribution in [2.24, 2.45) is 0 Å². The van der Waals surface area contributed by atoms with Gasteiger partial charge in [0.1, 0.15) is 11.6 Å². The lowest BCUT2D eigenvalue weighted by molar-refractivity contribution is -0.137. The third-order valence-electron chi connectivity index (χ3n) is 3.01. The summed E-state index contributed by atoms with van der Waals surface area (Å²) in [4.78, 5) is 0. The standard InChI is InChI=1S/C15H10ClF5/c16-11(14-12(17)2-1-3-13(14)18)8-9-4-6-10(7-5-9)15(19,20)21/h1-7,11H,8H2. The maximum absolute atomic E-state index is 13.6. The molecule has 0 aromatic heterocycles. The Kier molecular flexibility index (Phi) is 4.52. The summed E-state index contributed by atoms with van der Waals surface area (Å²) in [7, 11) is 0. The predicted molar refractivity (Wildman–Crippen MR) is 70.1 cm³/mol. The first kappa shape index (κ1) is 15.8. The Bertz CT molecular complexity index is 599. The molecule has 2 aromatic rings. The molecule has 1 unspecified atom stereocenters. The summed E-state index contributed by atoms with van der Waals surface area (Å²) in [5.74, 6) is -1.55. The van der Waals surface area contributed by atoms with E-state index < -0.39 is 28.8 Å². The van der Waals surface area contributed by atoms with E-state index in [1.54, 1.807) is 0 Å². The van der Waals surface area contributed by atoms with Gasteiger partial charge in [0, 0.05) is 5.56 Å². The zero-order chi connectivity index (χ0) is 15.6. The summed E-state index contributed by atoms with van der Waals surface area (Å²) < 4.78 is 64.4. The third kappa shape index (κ3) is 3.73. The van der Waals surface area contributed by atoms with E-state index in [1.165, 1.54) is 18.2 Å². The molecule has 2 aromatic carbocycles. The molecule has 112 valence electrons. The van der Waals surface area contributed by atoms with Gasteiger partial charge in [-0.2, -0.15) is 13.2 Å². The molecular formula is C15H10ClF5. The molecule has 0 fully saturated rings. The fourth-order valence-corrected chi connectivity index (χ4v) is 2.34. The van der Waals surface area contributed by atoms with E-state index in [1.807, 2.05) is 0 Å². The maximum Gasteiger partial charge on any atom is 0.416 e. The van der Waals surface area contributed by atoms with E-state index in [4.69, 9.17) is 11.6 Å². The molecular weight excluding hydrogens is 311 g/mol. The van der Waals surface area contributed by atoms with Crippen LogP contribution < -0.4 is 0 Å². The first-order chi connectivity index (χ1) is 9.79. The molecule has 0 aliphatic carbocycles. The Morgan fingerprint density at radius 3 is 1.90 bits per heavy atom. The fourth-order valence-electron chi connectivity index (χ4n) is 1.95. The second kappa shape index (κ2) is 6.02. The third-order valence-corrected chi connectivity index (χ3v) is 3.38. The smallest absolute Gasteiger partial charge is 0.207 e. The van der Waals surface area contributed by atoms with E-state index in [-0.39, 0.29) is 12.0 Å². The molecule has 0 aliphatic rings. The molecule has 0 heterocycles. The highest BCUT2D eigenvalue weighted by Gasteiger charge is 2.30. The molecule has 0 bridgehead atoms. The van der Waals surface area contributed by atoms with Crippen LogP contribution in [0, 0.1) is 11.6 Å². The van der Waals surface area contributed by atoms with Crippen molar-refractivity contribution < 1.29 is 22.0 Å². The van der Waals surface area contributed by atoms with Gasteiger partial charge in [-0.15, -0.1) is 11.6 Å². The number of hydrogen-bond acceptors (Lipinski definition) is 0. The molecule has 0 radical (unpaired) electrons. The van der Waals surface area contributed by atoms with Crippen LogP contribution in [0.2, 0.25) is 0 Å². The van der Waals surface area contributed by atoms with Gasteiger partial charge in [0.25, 0.3) is 0 Å². The van der Waals surface area contributed by atoms with Gasteiger partial charge in [-0.05, 0) is 36.2 Å². The molecule has 21 heavy (non-hydrogen) atoms. The van der Waals surface area contributed by atoms with E-state index in [0.717, 1.165) is 24.3 Å². The van der Waals surface area contributed by atoms with Gasteiger partial charge in [-0.3, -0.25) is 0 Å². The molecule has 0 nitrogen and oxygen atoms in total. The van der Waals surface area contributed by atoms with Crippen LogP contribution >= 0.6 is 11.6 Å². The summed E-state index contributed by atoms with van der Waals surface area (Å²) >= 11 is 5.98. The van der Waals surface area contributed by atoms with Crippen molar-refractivity contribution in [1.29, 1.82) is 0 Å². The summed E-state index contributed by atoms with van der Waals surface area (Å²) in [5, 5.41) is -0.997. The summed E-state index contributed by atoms with van der Waals surface area (Å²) in [6, 6.07) is 7.71. The second-order valence-corrected chi connectivity index (χ2v) is 5.03. The number of hydrogen-bond donors (Lipinski definition) is 0. The van der Waals surface area contributed by atoms with Gasteiger partial charge >= 0.3 is 6.18 Å². The lowest BCUT2D eigenvalue weighted by Gasteiger charge is -2.13. The minimum atomic E-state index is -4.42. The fraction of sp³-hybridized carbons (Fsp3) is 0.200. The van der Waals surface area contributed by atoms with Crippen molar-refractivity contribution in [2.75, 3.05) is 0 Å². The van der Waals surface area contributed by atoms with Crippen molar-refractivity contribution in [3.05, 3.63) is 70.8 Å². The van der Waals surface area contributed by atoms with Crippen LogP contribution in [0.3, 0.4) is 0 Å². The maximum atomic E-state index is 13.6. The second-order valence-electron chi connectivity index (χ2n) is 4.50. The van der Waals surface area contributed by atoms with Crippen LogP contribution in [-0.2, 0) is 12.6 Å². The molecule has 0 saturated heterocycles. The van der Waals surface area contributed by atoms with Gasteiger partial charge in [0.15, 0.2) is 0 Å². The minimum absolute atomic E-state index is 0.0253. The SMILES string of the molecule is Fc1cccc(F)c1C(Cl)Cc1ccc(C(F)(F)F)cc1. The molecule has 6 heteroatoms. The number of rotatable bonds is 3. The minimum Gasteiger partial charge on any atom is -0.207 e. The Labute approximate surface area is 123 Å². The lowest BCUT2D eigenvalue weighted by atomic mass is 10.0. The summed E-state index contributed by atoms with van der Waals surface area (Å²) in [6.07, 6.45) is -4.39. The first-order valence-electron chi connectivity index (χ1n) is 6.03. The van der Waals surface area contributed by atoms with Crippen LogP contribution in [0.5, 0.6) is 0 Å². The molecule has 1 atom stereocenters. The Hall–Kier alpha value is -1.62. The van der Waals surface area contributed by atoms with E-state index in [0.29, 0.717) is 5.56 Å². The quantitative estimate of drug-likeness (QED) is 0.517. The Balaban J connectivity index is 2.18. The predicted octanol–water partition coefficient (Wildman–Crippen LogP) is 5.51. The van der Waals surface area contributed by atoms with Gasteiger partial charge < -0.3 is 0 Å². The molecule has 0 saturated carbocycles. The monoisotopic (exact) mass is 320 g/mol. The highest BCUT2D eigenvalue weighted by atomic mass is 35.5. The molecule has 2 rings (SSSR count). The van der Waals surface area contributed by atoms with E-state index in [2.05, 4.69) is 0 Å². The number of halogens is 6. The van der Waals surface area contributed by atoms with Crippen LogP contribution in [0.1, 0.15) is 22.1 Å². The molecule has 0 spiro atoms. The average Bonchev–Trinajstić information content (AvgIpc) is 2.38. The van der Waals surface area contributed by atoms with Gasteiger partial charge in [-0.1, -0.05) is 18.2 Å². The van der Waals surface area contributed by atoms with Crippen molar-refractivity contribution in [1.82, 2.24) is 0 Å². The van der Waals surface area contributed by atoms with Crippen LogP contribution in [0.25, 0.3) is 0 Å². The topological polar surface area (TPSA) is 0 Å². The van der Waals surface area contributed by atoms with Crippen LogP contribution in [-0.4, -0.2) is 0 Å². The van der Waals surface area contributed by atoms with Crippen molar-refractivity contribution in [2.45, 2.75) is 18.0 Å². The highest BCUT2D eigenvalue weighted by molar-refractivity contribution is 6.21. The molecule has 0 aliphatic heterocycles. The summed E-state index contributed by atoms with van der Waals surface area (Å²) in [6.45, 7) is 0. The number of alkyl halides is 4. The Morgan fingerprint density at radius 1 is 0.905 bits per heavy atom. The first-order valence-corrected chi connectivity index (χ1v) is 6.47. The molecule has 0 N–H and O–H groups in total. The van der Waals surface area contributed by atoms with E-state index >= 15 is 0 Å². The lowest BCUT2D eigenvalue weighted by Crippen LogP contribution is -2.06. The van der Waals surface area contributed by atoms with Gasteiger partial charge in [0.2, 0.25) is 0 Å². The van der Waals surface area contributed by atoms with Crippen molar-refractivity contribution >= 4 is 11.6 Å². The normalized spacial score (nSPS) is 13.2. The van der Waals surface area contributed by atoms with Gasteiger partial charge in [0.05, 0.1) is 10.9 Å². The number of benzene rings is 2.